The molecule has 1 amide bonds. The number of carbonyl (C=O) groups is 2. The quantitative estimate of drug-likeness (QED) is 0.838. The predicted molar refractivity (Wildman–Crippen MR) is 76.1 cm³/mol. The summed E-state index contributed by atoms with van der Waals surface area (Å²) in [4.78, 5) is 23.6. The number of hydrogen-bond acceptors (Lipinski definition) is 3. The first-order chi connectivity index (χ1) is 9.34. The van der Waals surface area contributed by atoms with Gasteiger partial charge in [-0.05, 0) is 44.0 Å². The van der Waals surface area contributed by atoms with Gasteiger partial charge in [-0.2, -0.15) is 0 Å². The largest absolute Gasteiger partial charge is 0.497 e. The lowest BCUT2D eigenvalue weighted by Crippen LogP contribution is -2.52. The van der Waals surface area contributed by atoms with Crippen LogP contribution in [0.25, 0.3) is 0 Å². The number of aliphatic carboxylic acids is 1. The van der Waals surface area contributed by atoms with E-state index < -0.39 is 11.5 Å². The molecule has 0 aliphatic carbocycles. The van der Waals surface area contributed by atoms with Gasteiger partial charge < -0.3 is 15.2 Å². The molecule has 1 aromatic carbocycles. The highest BCUT2D eigenvalue weighted by Gasteiger charge is 2.34. The first-order valence-corrected chi connectivity index (χ1v) is 6.54. The lowest BCUT2D eigenvalue weighted by Gasteiger charge is -2.26. The van der Waals surface area contributed by atoms with Crippen LogP contribution in [-0.2, 0) is 4.79 Å². The fraction of sp³-hybridized carbons (Fsp3) is 0.467. The van der Waals surface area contributed by atoms with Crippen molar-refractivity contribution >= 4 is 11.9 Å². The summed E-state index contributed by atoms with van der Waals surface area (Å²) in [5.74, 6) is -0.754. The van der Waals surface area contributed by atoms with Gasteiger partial charge in [-0.15, -0.1) is 0 Å². The number of carbonyl (C=O) groups excluding carboxylic acids is 1. The van der Waals surface area contributed by atoms with E-state index in [0.717, 1.165) is 5.56 Å². The molecule has 1 atom stereocenters. The molecular weight excluding hydrogens is 258 g/mol. The van der Waals surface area contributed by atoms with Crippen molar-refractivity contribution in [2.45, 2.75) is 39.2 Å². The van der Waals surface area contributed by atoms with Gasteiger partial charge in [0.05, 0.1) is 7.11 Å². The summed E-state index contributed by atoms with van der Waals surface area (Å²) in [6.45, 7) is 5.19. The molecule has 5 heteroatoms. The van der Waals surface area contributed by atoms with Gasteiger partial charge in [0.1, 0.15) is 11.3 Å². The minimum Gasteiger partial charge on any atom is -0.497 e. The van der Waals surface area contributed by atoms with Crippen molar-refractivity contribution in [2.24, 2.45) is 0 Å². The summed E-state index contributed by atoms with van der Waals surface area (Å²) in [5, 5.41) is 11.9. The molecular formula is C15H21NO4. The van der Waals surface area contributed by atoms with Crippen molar-refractivity contribution in [1.29, 1.82) is 0 Å². The summed E-state index contributed by atoms with van der Waals surface area (Å²) in [6, 6.07) is 5.06. The number of carboxylic acids is 1. The standard InChI is InChI=1S/C15H21NO4/c1-5-8-15(3,14(18)19)16-13(17)12-7-6-11(20-4)9-10(12)2/h6-7,9H,5,8H2,1-4H3,(H,16,17)(H,18,19). The lowest BCUT2D eigenvalue weighted by atomic mass is 9.95. The third-order valence-corrected chi connectivity index (χ3v) is 3.29. The summed E-state index contributed by atoms with van der Waals surface area (Å²) in [6.07, 6.45) is 1.05. The first kappa shape index (κ1) is 16.0. The van der Waals surface area contributed by atoms with Gasteiger partial charge in [0.2, 0.25) is 0 Å². The zero-order valence-electron chi connectivity index (χ0n) is 12.3. The molecule has 0 fully saturated rings. The maximum Gasteiger partial charge on any atom is 0.329 e. The average molecular weight is 279 g/mol. The minimum atomic E-state index is -1.25. The van der Waals surface area contributed by atoms with Crippen LogP contribution < -0.4 is 10.1 Å². The van der Waals surface area contributed by atoms with Gasteiger partial charge in [0.15, 0.2) is 0 Å². The molecule has 0 heterocycles. The number of ether oxygens (including phenoxy) is 1. The molecule has 0 saturated carbocycles. The maximum atomic E-state index is 12.2. The normalized spacial score (nSPS) is 13.4. The first-order valence-electron chi connectivity index (χ1n) is 6.54. The van der Waals surface area contributed by atoms with Crippen LogP contribution in [0.4, 0.5) is 0 Å². The monoisotopic (exact) mass is 279 g/mol. The Labute approximate surface area is 118 Å². The Morgan fingerprint density at radius 2 is 2.05 bits per heavy atom. The van der Waals surface area contributed by atoms with Crippen LogP contribution in [0.15, 0.2) is 18.2 Å². The van der Waals surface area contributed by atoms with Crippen LogP contribution in [0.5, 0.6) is 5.75 Å². The molecule has 0 aliphatic rings. The van der Waals surface area contributed by atoms with E-state index in [9.17, 15) is 14.7 Å². The Balaban J connectivity index is 2.98. The highest BCUT2D eigenvalue weighted by molar-refractivity contribution is 5.99. The number of aryl methyl sites for hydroxylation is 1. The van der Waals surface area contributed by atoms with Crippen LogP contribution in [0, 0.1) is 6.92 Å². The van der Waals surface area contributed by atoms with Crippen LogP contribution in [-0.4, -0.2) is 29.6 Å². The highest BCUT2D eigenvalue weighted by Crippen LogP contribution is 2.19. The Hall–Kier alpha value is -2.04. The highest BCUT2D eigenvalue weighted by atomic mass is 16.5. The lowest BCUT2D eigenvalue weighted by molar-refractivity contribution is -0.144. The van der Waals surface area contributed by atoms with Crippen molar-refractivity contribution in [3.8, 4) is 5.75 Å². The number of amides is 1. The van der Waals surface area contributed by atoms with Crippen LogP contribution >= 0.6 is 0 Å². The van der Waals surface area contributed by atoms with E-state index in [0.29, 0.717) is 24.2 Å². The Morgan fingerprint density at radius 1 is 1.40 bits per heavy atom. The summed E-state index contributed by atoms with van der Waals surface area (Å²) in [7, 11) is 1.55. The van der Waals surface area contributed by atoms with Gasteiger partial charge in [-0.3, -0.25) is 4.79 Å². The molecule has 5 nitrogen and oxygen atoms in total. The van der Waals surface area contributed by atoms with Gasteiger partial charge in [0.25, 0.3) is 5.91 Å². The second-order valence-electron chi connectivity index (χ2n) is 5.02. The third kappa shape index (κ3) is 3.50. The van der Waals surface area contributed by atoms with Gasteiger partial charge in [-0.25, -0.2) is 4.79 Å². The van der Waals surface area contributed by atoms with Crippen LogP contribution in [0.3, 0.4) is 0 Å². The van der Waals surface area contributed by atoms with Gasteiger partial charge >= 0.3 is 5.97 Å². The number of benzene rings is 1. The topological polar surface area (TPSA) is 75.6 Å². The van der Waals surface area contributed by atoms with Crippen molar-refractivity contribution in [3.63, 3.8) is 0 Å². The number of rotatable bonds is 6. The maximum absolute atomic E-state index is 12.2. The molecule has 0 radical (unpaired) electrons. The average Bonchev–Trinajstić information content (AvgIpc) is 2.38. The minimum absolute atomic E-state index is 0.378. The van der Waals surface area contributed by atoms with Gasteiger partial charge in [-0.1, -0.05) is 13.3 Å². The SMILES string of the molecule is CCCC(C)(NC(=O)c1ccc(OC)cc1C)C(=O)O. The molecule has 0 spiro atoms. The van der Waals surface area contributed by atoms with E-state index in [1.54, 1.807) is 32.2 Å². The van der Waals surface area contributed by atoms with Crippen LogP contribution in [0.1, 0.15) is 42.6 Å². The van der Waals surface area contributed by atoms with E-state index in [4.69, 9.17) is 4.74 Å². The smallest absolute Gasteiger partial charge is 0.329 e. The number of methoxy groups -OCH3 is 1. The summed E-state index contributed by atoms with van der Waals surface area (Å²) in [5.41, 5.74) is -0.0569. The van der Waals surface area contributed by atoms with Crippen molar-refractivity contribution in [3.05, 3.63) is 29.3 Å². The molecule has 2 N–H and O–H groups in total. The Bertz CT molecular complexity index is 513. The molecule has 20 heavy (non-hydrogen) atoms. The number of hydrogen-bond donors (Lipinski definition) is 2. The zero-order chi connectivity index (χ0) is 15.3. The molecule has 1 rings (SSSR count). The zero-order valence-corrected chi connectivity index (χ0v) is 12.3. The Kier molecular flexibility index (Phi) is 5.13. The van der Waals surface area contributed by atoms with E-state index in [2.05, 4.69) is 5.32 Å². The van der Waals surface area contributed by atoms with E-state index >= 15 is 0 Å². The molecule has 0 saturated heterocycles. The molecule has 1 aromatic rings. The van der Waals surface area contributed by atoms with Crippen molar-refractivity contribution in [2.75, 3.05) is 7.11 Å². The predicted octanol–water partition coefficient (Wildman–Crippen LogP) is 2.38. The summed E-state index contributed by atoms with van der Waals surface area (Å²) >= 11 is 0. The molecule has 0 bridgehead atoms. The fourth-order valence-corrected chi connectivity index (χ4v) is 2.06. The fourth-order valence-electron chi connectivity index (χ4n) is 2.06. The molecule has 1 unspecified atom stereocenters. The molecule has 0 aromatic heterocycles. The number of carboxylic acid groups (broad SMARTS) is 1. The van der Waals surface area contributed by atoms with Crippen molar-refractivity contribution < 1.29 is 19.4 Å². The second-order valence-corrected chi connectivity index (χ2v) is 5.02. The van der Waals surface area contributed by atoms with Crippen LogP contribution in [0.2, 0.25) is 0 Å². The van der Waals surface area contributed by atoms with E-state index in [-0.39, 0.29) is 5.91 Å². The number of nitrogens with one attached hydrogen (secondary N) is 1. The van der Waals surface area contributed by atoms with E-state index in [1.165, 1.54) is 6.92 Å². The van der Waals surface area contributed by atoms with Gasteiger partial charge in [0, 0.05) is 5.56 Å². The molecule has 110 valence electrons. The second kappa shape index (κ2) is 6.41. The Morgan fingerprint density at radius 3 is 2.50 bits per heavy atom. The third-order valence-electron chi connectivity index (χ3n) is 3.29. The summed E-state index contributed by atoms with van der Waals surface area (Å²) < 4.78 is 5.08. The molecule has 0 aliphatic heterocycles. The van der Waals surface area contributed by atoms with Crippen molar-refractivity contribution in [1.82, 2.24) is 5.32 Å². The van der Waals surface area contributed by atoms with E-state index in [1.807, 2.05) is 6.92 Å².